The molecule has 1 fully saturated rings. The van der Waals surface area contributed by atoms with Gasteiger partial charge in [-0.05, 0) is 57.2 Å². The molecule has 0 bridgehead atoms. The number of thiazole rings is 1. The van der Waals surface area contributed by atoms with Gasteiger partial charge >= 0.3 is 0 Å². The van der Waals surface area contributed by atoms with E-state index in [1.807, 2.05) is 23.7 Å². The second kappa shape index (κ2) is 11.8. The maximum absolute atomic E-state index is 5.55. The number of rotatable bonds is 8. The minimum absolute atomic E-state index is 0.160. The molecule has 6 nitrogen and oxygen atoms in total. The molecule has 1 aliphatic carbocycles. The molecule has 0 spiro atoms. The van der Waals surface area contributed by atoms with Crippen LogP contribution in [0.4, 0.5) is 0 Å². The van der Waals surface area contributed by atoms with Crippen LogP contribution in [0.2, 0.25) is 0 Å². The Morgan fingerprint density at radius 2 is 1.58 bits per heavy atom. The third kappa shape index (κ3) is 5.67. The van der Waals surface area contributed by atoms with E-state index in [1.165, 1.54) is 37.7 Å². The maximum atomic E-state index is 5.55. The van der Waals surface area contributed by atoms with Crippen LogP contribution in [0.3, 0.4) is 0 Å². The minimum Gasteiger partial charge on any atom is -0.493 e. The summed E-state index contributed by atoms with van der Waals surface area (Å²) in [7, 11) is 4.85. The molecule has 0 atom stereocenters. The van der Waals surface area contributed by atoms with Gasteiger partial charge in [0, 0.05) is 22.5 Å². The van der Waals surface area contributed by atoms with Gasteiger partial charge in [-0.15, -0.1) is 11.3 Å². The van der Waals surface area contributed by atoms with Crippen LogP contribution in [0.1, 0.15) is 69.9 Å². The monoisotopic (exact) mass is 507 g/mol. The van der Waals surface area contributed by atoms with Gasteiger partial charge in [-0.3, -0.25) is 4.99 Å². The maximum Gasteiger partial charge on any atom is 0.206 e. The summed E-state index contributed by atoms with van der Waals surface area (Å²) in [5.41, 5.74) is 5.32. The van der Waals surface area contributed by atoms with Crippen molar-refractivity contribution in [3.63, 3.8) is 0 Å². The first-order valence-corrected chi connectivity index (χ1v) is 13.5. The van der Waals surface area contributed by atoms with Gasteiger partial charge in [0.25, 0.3) is 0 Å². The number of hydrogen-bond donors (Lipinski definition) is 0. The largest absolute Gasteiger partial charge is 0.493 e. The van der Waals surface area contributed by atoms with Crippen LogP contribution in [0.5, 0.6) is 17.2 Å². The average Bonchev–Trinajstić information content (AvgIpc) is 3.29. The van der Waals surface area contributed by atoms with E-state index in [1.54, 1.807) is 32.7 Å². The highest BCUT2D eigenvalue weighted by Gasteiger charge is 2.17. The van der Waals surface area contributed by atoms with Crippen LogP contribution in [0.25, 0.3) is 11.3 Å². The topological polar surface area (TPSA) is 57.3 Å². The minimum atomic E-state index is 0.160. The van der Waals surface area contributed by atoms with Crippen LogP contribution >= 0.6 is 11.3 Å². The number of aromatic nitrogens is 1. The second-order valence-electron chi connectivity index (χ2n) is 9.49. The van der Waals surface area contributed by atoms with Gasteiger partial charge in [0.05, 0.1) is 32.7 Å². The van der Waals surface area contributed by atoms with E-state index in [9.17, 15) is 0 Å². The van der Waals surface area contributed by atoms with Crippen molar-refractivity contribution in [1.82, 2.24) is 4.68 Å². The molecule has 4 rings (SSSR count). The highest BCUT2D eigenvalue weighted by Crippen LogP contribution is 2.38. The van der Waals surface area contributed by atoms with Gasteiger partial charge in [0.2, 0.25) is 10.6 Å². The summed E-state index contributed by atoms with van der Waals surface area (Å²) in [4.78, 5) is 5.71. The fraction of sp³-hybridized carbons (Fsp3) is 0.448. The average molecular weight is 508 g/mol. The predicted molar refractivity (Wildman–Crippen MR) is 148 cm³/mol. The molecule has 3 aromatic rings. The lowest BCUT2D eigenvalue weighted by Gasteiger charge is -2.22. The number of methoxy groups -OCH3 is 3. The molecule has 1 aliphatic rings. The van der Waals surface area contributed by atoms with Crippen LogP contribution in [0.15, 0.2) is 51.9 Å². The first-order valence-electron chi connectivity index (χ1n) is 12.7. The second-order valence-corrected chi connectivity index (χ2v) is 10.3. The lowest BCUT2D eigenvalue weighted by Crippen LogP contribution is -2.16. The van der Waals surface area contributed by atoms with E-state index in [2.05, 4.69) is 43.5 Å². The fourth-order valence-corrected chi connectivity index (χ4v) is 5.73. The molecule has 7 heteroatoms. The van der Waals surface area contributed by atoms with Gasteiger partial charge in [0.1, 0.15) is 0 Å². The Balaban J connectivity index is 1.76. The van der Waals surface area contributed by atoms with Crippen molar-refractivity contribution in [3.05, 3.63) is 57.7 Å². The molecule has 1 saturated carbocycles. The Labute approximate surface area is 218 Å². The van der Waals surface area contributed by atoms with Crippen molar-refractivity contribution >= 4 is 17.0 Å². The van der Waals surface area contributed by atoms with Crippen molar-refractivity contribution in [2.45, 2.75) is 64.8 Å². The molecule has 2 aromatic carbocycles. The highest BCUT2D eigenvalue weighted by molar-refractivity contribution is 7.07. The molecular weight excluding hydrogens is 470 g/mol. The zero-order valence-electron chi connectivity index (χ0n) is 22.2. The Hall–Kier alpha value is -3.06. The Morgan fingerprint density at radius 1 is 0.944 bits per heavy atom. The normalized spacial score (nSPS) is 15.4. The zero-order chi connectivity index (χ0) is 25.7. The molecule has 192 valence electrons. The summed E-state index contributed by atoms with van der Waals surface area (Å²) in [5.74, 6) is 2.45. The number of nitrogens with zero attached hydrogens (tertiary/aromatic N) is 3. The summed E-state index contributed by atoms with van der Waals surface area (Å²) in [5, 5.41) is 7.18. The van der Waals surface area contributed by atoms with E-state index in [-0.39, 0.29) is 6.04 Å². The smallest absolute Gasteiger partial charge is 0.206 e. The molecule has 1 aromatic heterocycles. The van der Waals surface area contributed by atoms with Gasteiger partial charge in [-0.1, -0.05) is 43.5 Å². The van der Waals surface area contributed by atoms with Crippen LogP contribution in [-0.2, 0) is 0 Å². The van der Waals surface area contributed by atoms with Crippen molar-refractivity contribution in [1.29, 1.82) is 0 Å². The summed E-state index contributed by atoms with van der Waals surface area (Å²) in [6.45, 7) is 6.15. The van der Waals surface area contributed by atoms with E-state index < -0.39 is 0 Å². The number of benzene rings is 2. The zero-order valence-corrected chi connectivity index (χ0v) is 23.0. The Bertz CT molecular complexity index is 1240. The van der Waals surface area contributed by atoms with Gasteiger partial charge in [-0.25, -0.2) is 4.68 Å². The third-order valence-corrected chi connectivity index (χ3v) is 7.50. The van der Waals surface area contributed by atoms with E-state index >= 15 is 0 Å². The Morgan fingerprint density at radius 3 is 2.14 bits per heavy atom. The lowest BCUT2D eigenvalue weighted by atomic mass is 9.84. The van der Waals surface area contributed by atoms with Crippen LogP contribution in [-0.4, -0.2) is 37.8 Å². The molecule has 0 amide bonds. The summed E-state index contributed by atoms with van der Waals surface area (Å²) in [6.07, 6.45) is 6.65. The van der Waals surface area contributed by atoms with Crippen LogP contribution in [0, 0.1) is 0 Å². The molecule has 0 saturated heterocycles. The third-order valence-electron chi connectivity index (χ3n) is 6.67. The van der Waals surface area contributed by atoms with E-state index in [4.69, 9.17) is 24.3 Å². The predicted octanol–water partition coefficient (Wildman–Crippen LogP) is 6.87. The van der Waals surface area contributed by atoms with Gasteiger partial charge in [0.15, 0.2) is 11.5 Å². The molecule has 0 radical (unpaired) electrons. The quantitative estimate of drug-likeness (QED) is 0.313. The van der Waals surface area contributed by atoms with Crippen molar-refractivity contribution < 1.29 is 14.2 Å². The molecule has 0 unspecified atom stereocenters. The van der Waals surface area contributed by atoms with E-state index in [0.717, 1.165) is 27.3 Å². The fourth-order valence-electron chi connectivity index (χ4n) is 4.76. The molecule has 1 heterocycles. The highest BCUT2D eigenvalue weighted by atomic mass is 32.1. The van der Waals surface area contributed by atoms with Crippen molar-refractivity contribution in [3.8, 4) is 28.5 Å². The first-order chi connectivity index (χ1) is 17.4. The number of ether oxygens (including phenoxy) is 3. The van der Waals surface area contributed by atoms with Gasteiger partial charge in [-0.2, -0.15) is 5.10 Å². The van der Waals surface area contributed by atoms with Crippen molar-refractivity contribution in [2.24, 2.45) is 10.1 Å². The first kappa shape index (κ1) is 26.0. The lowest BCUT2D eigenvalue weighted by molar-refractivity contribution is 0.324. The number of hydrogen-bond acceptors (Lipinski definition) is 6. The standard InChI is InChI=1S/C29H37N3O3S/c1-19(2)30-29-32(31-20(3)24-16-26(33-4)28(35-6)27(17-24)34-5)25(18-36-29)23-14-12-22(13-15-23)21-10-8-7-9-11-21/h12-19,21H,7-11H2,1-6H3. The molecule has 36 heavy (non-hydrogen) atoms. The molecule has 0 aliphatic heterocycles. The summed E-state index contributed by atoms with van der Waals surface area (Å²) < 4.78 is 18.5. The van der Waals surface area contributed by atoms with E-state index in [0.29, 0.717) is 23.2 Å². The SMILES string of the molecule is COc1cc(C(C)=Nn2c(-c3ccc(C4CCCCC4)cc3)csc2=NC(C)C)cc(OC)c1OC. The molecule has 0 N–H and O–H groups in total. The molecular formula is C29H37N3O3S. The van der Waals surface area contributed by atoms with Gasteiger partial charge < -0.3 is 14.2 Å². The Kier molecular flexibility index (Phi) is 8.52. The van der Waals surface area contributed by atoms with Crippen LogP contribution < -0.4 is 19.0 Å². The summed E-state index contributed by atoms with van der Waals surface area (Å²) >= 11 is 1.61. The summed E-state index contributed by atoms with van der Waals surface area (Å²) in [6, 6.07) is 13.0. The van der Waals surface area contributed by atoms with Crippen molar-refractivity contribution in [2.75, 3.05) is 21.3 Å².